The number of carbonyl (C=O) groups excluding carboxylic acids is 1. The summed E-state index contributed by atoms with van der Waals surface area (Å²) >= 11 is 6.00. The predicted molar refractivity (Wildman–Crippen MR) is 93.1 cm³/mol. The average molecular weight is 396 g/mol. The number of rotatable bonds is 4. The van der Waals surface area contributed by atoms with Crippen molar-refractivity contribution in [2.45, 2.75) is 19.6 Å². The summed E-state index contributed by atoms with van der Waals surface area (Å²) in [5, 5.41) is 14.6. The molecule has 0 spiro atoms. The number of benzene rings is 2. The number of halogens is 4. The van der Waals surface area contributed by atoms with Crippen LogP contribution in [0.15, 0.2) is 42.5 Å². The van der Waals surface area contributed by atoms with Crippen molar-refractivity contribution in [1.29, 1.82) is 0 Å². The van der Waals surface area contributed by atoms with Crippen LogP contribution in [0.2, 0.25) is 5.02 Å². The number of carbonyl (C=O) groups is 1. The summed E-state index contributed by atoms with van der Waals surface area (Å²) in [7, 11) is 0. The Morgan fingerprint density at radius 2 is 1.96 bits per heavy atom. The van der Waals surface area contributed by atoms with E-state index in [2.05, 4.69) is 20.7 Å². The van der Waals surface area contributed by atoms with Crippen molar-refractivity contribution < 1.29 is 18.0 Å². The van der Waals surface area contributed by atoms with E-state index in [9.17, 15) is 18.0 Å². The van der Waals surface area contributed by atoms with Crippen LogP contribution in [0.1, 0.15) is 11.1 Å². The molecule has 1 aromatic heterocycles. The number of nitrogens with zero attached hydrogens (tertiary/aromatic N) is 4. The summed E-state index contributed by atoms with van der Waals surface area (Å²) in [5.41, 5.74) is 0.599. The van der Waals surface area contributed by atoms with E-state index in [1.165, 1.54) is 12.1 Å². The van der Waals surface area contributed by atoms with Crippen LogP contribution in [0.25, 0.3) is 11.4 Å². The summed E-state index contributed by atoms with van der Waals surface area (Å²) in [6.45, 7) is 1.51. The number of nitrogens with one attached hydrogen (secondary N) is 1. The van der Waals surface area contributed by atoms with Crippen LogP contribution in [-0.2, 0) is 17.5 Å². The smallest absolute Gasteiger partial charge is 0.324 e. The maximum absolute atomic E-state index is 12.8. The van der Waals surface area contributed by atoms with E-state index in [-0.39, 0.29) is 17.9 Å². The maximum atomic E-state index is 12.8. The van der Waals surface area contributed by atoms with Gasteiger partial charge in [0, 0.05) is 16.3 Å². The second kappa shape index (κ2) is 7.36. The fourth-order valence-electron chi connectivity index (χ4n) is 2.32. The standard InChI is InChI=1S/C17H13ClF3N5O/c1-10-13(18)6-3-7-14(10)22-15(27)9-26-24-16(23-25-26)11-4-2-5-12(8-11)17(19,20)21/h2-8H,9H2,1H3,(H,22,27). The van der Waals surface area contributed by atoms with Crippen LogP contribution in [0, 0.1) is 6.92 Å². The SMILES string of the molecule is Cc1c(Cl)cccc1NC(=O)Cn1nnc(-c2cccc(C(F)(F)F)c2)n1. The molecule has 0 saturated heterocycles. The van der Waals surface area contributed by atoms with Crippen LogP contribution in [0.3, 0.4) is 0 Å². The molecule has 140 valence electrons. The van der Waals surface area contributed by atoms with Crippen LogP contribution in [-0.4, -0.2) is 26.1 Å². The Kier molecular flexibility index (Phi) is 5.13. The van der Waals surface area contributed by atoms with Crippen molar-refractivity contribution in [3.8, 4) is 11.4 Å². The van der Waals surface area contributed by atoms with E-state index in [4.69, 9.17) is 11.6 Å². The second-order valence-corrected chi connectivity index (χ2v) is 6.09. The number of hydrogen-bond acceptors (Lipinski definition) is 4. The Hall–Kier alpha value is -2.94. The molecule has 0 saturated carbocycles. The first kappa shape index (κ1) is 18.8. The zero-order valence-corrected chi connectivity index (χ0v) is 14.7. The molecule has 1 amide bonds. The fourth-order valence-corrected chi connectivity index (χ4v) is 2.50. The lowest BCUT2D eigenvalue weighted by Gasteiger charge is -2.08. The molecule has 0 bridgehead atoms. The number of amides is 1. The van der Waals surface area contributed by atoms with Crippen molar-refractivity contribution in [2.24, 2.45) is 0 Å². The lowest BCUT2D eigenvalue weighted by atomic mass is 10.1. The Bertz CT molecular complexity index is 987. The van der Waals surface area contributed by atoms with Gasteiger partial charge < -0.3 is 5.32 Å². The first-order valence-electron chi connectivity index (χ1n) is 7.74. The molecule has 0 unspecified atom stereocenters. The molecule has 1 N–H and O–H groups in total. The lowest BCUT2D eigenvalue weighted by Crippen LogP contribution is -2.21. The molecule has 0 aliphatic heterocycles. The van der Waals surface area contributed by atoms with Gasteiger partial charge in [-0.15, -0.1) is 10.2 Å². The third-order valence-corrected chi connectivity index (χ3v) is 4.14. The van der Waals surface area contributed by atoms with Gasteiger partial charge >= 0.3 is 6.18 Å². The number of aromatic nitrogens is 4. The summed E-state index contributed by atoms with van der Waals surface area (Å²) < 4.78 is 38.4. The maximum Gasteiger partial charge on any atom is 0.416 e. The molecular weight excluding hydrogens is 383 g/mol. The lowest BCUT2D eigenvalue weighted by molar-refractivity contribution is -0.137. The highest BCUT2D eigenvalue weighted by atomic mass is 35.5. The Morgan fingerprint density at radius 1 is 1.22 bits per heavy atom. The van der Waals surface area contributed by atoms with E-state index in [1.807, 2.05) is 0 Å². The van der Waals surface area contributed by atoms with Gasteiger partial charge in [0.15, 0.2) is 0 Å². The van der Waals surface area contributed by atoms with E-state index < -0.39 is 17.6 Å². The summed E-state index contributed by atoms with van der Waals surface area (Å²) in [6.07, 6.45) is -4.47. The van der Waals surface area contributed by atoms with Crippen molar-refractivity contribution >= 4 is 23.2 Å². The molecule has 0 radical (unpaired) electrons. The van der Waals surface area contributed by atoms with Gasteiger partial charge in [0.25, 0.3) is 0 Å². The summed E-state index contributed by atoms with van der Waals surface area (Å²) in [6, 6.07) is 9.67. The topological polar surface area (TPSA) is 72.7 Å². The van der Waals surface area contributed by atoms with Gasteiger partial charge in [0.2, 0.25) is 11.7 Å². The molecule has 0 aliphatic carbocycles. The van der Waals surface area contributed by atoms with Crippen LogP contribution < -0.4 is 5.32 Å². The Labute approximate surface area is 157 Å². The van der Waals surface area contributed by atoms with E-state index in [0.717, 1.165) is 16.9 Å². The molecule has 3 aromatic rings. The molecule has 27 heavy (non-hydrogen) atoms. The number of alkyl halides is 3. The zero-order chi connectivity index (χ0) is 19.6. The highest BCUT2D eigenvalue weighted by molar-refractivity contribution is 6.31. The largest absolute Gasteiger partial charge is 0.416 e. The van der Waals surface area contributed by atoms with Crippen LogP contribution in [0.4, 0.5) is 18.9 Å². The van der Waals surface area contributed by atoms with Gasteiger partial charge in [-0.3, -0.25) is 4.79 Å². The highest BCUT2D eigenvalue weighted by Crippen LogP contribution is 2.31. The van der Waals surface area contributed by atoms with E-state index in [1.54, 1.807) is 25.1 Å². The monoisotopic (exact) mass is 395 g/mol. The summed E-state index contributed by atoms with van der Waals surface area (Å²) in [5.74, 6) is -0.429. The van der Waals surface area contributed by atoms with Gasteiger partial charge in [-0.1, -0.05) is 29.8 Å². The normalized spacial score (nSPS) is 11.4. The molecule has 0 atom stereocenters. The quantitative estimate of drug-likeness (QED) is 0.725. The third-order valence-electron chi connectivity index (χ3n) is 3.73. The molecule has 1 heterocycles. The number of hydrogen-bond donors (Lipinski definition) is 1. The minimum Gasteiger partial charge on any atom is -0.324 e. The average Bonchev–Trinajstić information content (AvgIpc) is 3.07. The van der Waals surface area contributed by atoms with Crippen molar-refractivity contribution in [2.75, 3.05) is 5.32 Å². The first-order valence-corrected chi connectivity index (χ1v) is 8.12. The number of anilines is 1. The third kappa shape index (κ3) is 4.43. The molecule has 10 heteroatoms. The summed E-state index contributed by atoms with van der Waals surface area (Å²) in [4.78, 5) is 13.1. The van der Waals surface area contributed by atoms with Crippen molar-refractivity contribution in [3.63, 3.8) is 0 Å². The highest BCUT2D eigenvalue weighted by Gasteiger charge is 2.30. The molecule has 2 aromatic carbocycles. The molecule has 0 aliphatic rings. The first-order chi connectivity index (χ1) is 12.7. The second-order valence-electron chi connectivity index (χ2n) is 5.68. The van der Waals surface area contributed by atoms with Gasteiger partial charge in [-0.25, -0.2) is 0 Å². The van der Waals surface area contributed by atoms with Crippen molar-refractivity contribution in [1.82, 2.24) is 20.2 Å². The van der Waals surface area contributed by atoms with Crippen LogP contribution in [0.5, 0.6) is 0 Å². The zero-order valence-electron chi connectivity index (χ0n) is 14.0. The minimum absolute atomic E-state index is 0.00663. The molecule has 3 rings (SSSR count). The number of tetrazole rings is 1. The van der Waals surface area contributed by atoms with Gasteiger partial charge in [0.05, 0.1) is 5.56 Å². The Morgan fingerprint density at radius 3 is 2.70 bits per heavy atom. The molecule has 0 fully saturated rings. The van der Waals surface area contributed by atoms with E-state index in [0.29, 0.717) is 16.3 Å². The molecular formula is C17H13ClF3N5O. The fraction of sp³-hybridized carbons (Fsp3) is 0.176. The minimum atomic E-state index is -4.47. The van der Waals surface area contributed by atoms with Crippen molar-refractivity contribution in [3.05, 3.63) is 58.6 Å². The van der Waals surface area contributed by atoms with Gasteiger partial charge in [-0.2, -0.15) is 18.0 Å². The van der Waals surface area contributed by atoms with Gasteiger partial charge in [-0.05, 0) is 42.0 Å². The predicted octanol–water partition coefficient (Wildman–Crippen LogP) is 3.96. The van der Waals surface area contributed by atoms with Gasteiger partial charge in [0.1, 0.15) is 6.54 Å². The van der Waals surface area contributed by atoms with Crippen LogP contribution >= 0.6 is 11.6 Å². The molecule has 6 nitrogen and oxygen atoms in total. The Balaban J connectivity index is 1.73. The van der Waals surface area contributed by atoms with E-state index >= 15 is 0 Å².